The van der Waals surface area contributed by atoms with Crippen molar-refractivity contribution in [3.05, 3.63) is 0 Å². The third-order valence-electron chi connectivity index (χ3n) is 7.47. The third kappa shape index (κ3) is 18.3. The average Bonchev–Trinajstić information content (AvgIpc) is 2.91. The highest BCUT2D eigenvalue weighted by atomic mass is 32.1. The number of nitrogens with one attached hydrogen (secondary N) is 2. The molecule has 0 spiro atoms. The molecule has 8 heteroatoms. The van der Waals surface area contributed by atoms with Crippen LogP contribution in [0, 0.1) is 0 Å². The van der Waals surface area contributed by atoms with Crippen molar-refractivity contribution in [2.24, 2.45) is 0 Å². The maximum Gasteiger partial charge on any atom is 0.308 e. The Morgan fingerprint density at radius 3 is 1.85 bits per heavy atom. The van der Waals surface area contributed by atoms with Crippen molar-refractivity contribution in [1.82, 2.24) is 15.5 Å². The van der Waals surface area contributed by atoms with Gasteiger partial charge in [-0.3, -0.25) is 14.4 Å². The van der Waals surface area contributed by atoms with Crippen LogP contribution in [-0.2, 0) is 19.1 Å². The van der Waals surface area contributed by atoms with Crippen LogP contribution in [0.4, 0.5) is 0 Å². The van der Waals surface area contributed by atoms with Crippen molar-refractivity contribution in [3.8, 4) is 0 Å². The highest BCUT2D eigenvalue weighted by Crippen LogP contribution is 2.14. The number of thiocarbonyl (C=S) groups is 1. The Balaban J connectivity index is 2.22. The average molecular weight is 568 g/mol. The van der Waals surface area contributed by atoms with Gasteiger partial charge in [-0.1, -0.05) is 123 Å². The first-order chi connectivity index (χ1) is 19.0. The zero-order chi connectivity index (χ0) is 28.6. The molecule has 0 aliphatic carbocycles. The van der Waals surface area contributed by atoms with E-state index in [0.29, 0.717) is 26.1 Å². The summed E-state index contributed by atoms with van der Waals surface area (Å²) >= 11 is 5.46. The standard InChI is InChI=1S/C31H57N3O4S/c1-3-5-7-9-11-13-14-15-16-18-20-22-28(35)33-31(39)34-24-23-32-30(37)27(34)26-29(36)38-25-21-19-17-12-10-8-6-4-2/h27H,3-26H2,1-2H3,(H,32,37)(H,33,35,39). The number of hydrogen-bond acceptors (Lipinski definition) is 5. The number of piperazine rings is 1. The van der Waals surface area contributed by atoms with Crippen molar-refractivity contribution >= 4 is 35.1 Å². The lowest BCUT2D eigenvalue weighted by molar-refractivity contribution is -0.147. The maximum absolute atomic E-state index is 12.5. The predicted molar refractivity (Wildman–Crippen MR) is 164 cm³/mol. The van der Waals surface area contributed by atoms with E-state index in [1.807, 2.05) is 0 Å². The highest BCUT2D eigenvalue weighted by Gasteiger charge is 2.34. The van der Waals surface area contributed by atoms with E-state index in [1.54, 1.807) is 4.90 Å². The molecule has 1 aliphatic rings. The smallest absolute Gasteiger partial charge is 0.308 e. The van der Waals surface area contributed by atoms with Crippen LogP contribution in [0.5, 0.6) is 0 Å². The number of rotatable bonds is 23. The van der Waals surface area contributed by atoms with E-state index in [-0.39, 0.29) is 23.3 Å². The zero-order valence-electron chi connectivity index (χ0n) is 25.0. The minimum Gasteiger partial charge on any atom is -0.466 e. The molecule has 2 amide bonds. The molecule has 1 fully saturated rings. The molecule has 226 valence electrons. The minimum absolute atomic E-state index is 0.0720. The number of esters is 1. The number of unbranched alkanes of at least 4 members (excludes halogenated alkanes) is 17. The molecule has 0 aromatic carbocycles. The second-order valence-corrected chi connectivity index (χ2v) is 11.4. The first-order valence-corrected chi connectivity index (χ1v) is 16.4. The molecule has 0 aromatic rings. The molecule has 1 aliphatic heterocycles. The second kappa shape index (κ2) is 24.1. The summed E-state index contributed by atoms with van der Waals surface area (Å²) < 4.78 is 5.39. The van der Waals surface area contributed by atoms with Gasteiger partial charge in [-0.25, -0.2) is 0 Å². The molecule has 0 radical (unpaired) electrons. The van der Waals surface area contributed by atoms with Gasteiger partial charge in [0.2, 0.25) is 11.8 Å². The van der Waals surface area contributed by atoms with E-state index >= 15 is 0 Å². The van der Waals surface area contributed by atoms with E-state index in [0.717, 1.165) is 38.5 Å². The Labute approximate surface area is 243 Å². The van der Waals surface area contributed by atoms with E-state index in [4.69, 9.17) is 17.0 Å². The van der Waals surface area contributed by atoms with Gasteiger partial charge in [0, 0.05) is 19.5 Å². The van der Waals surface area contributed by atoms with E-state index < -0.39 is 12.0 Å². The summed E-state index contributed by atoms with van der Waals surface area (Å²) in [6, 6.07) is -0.750. The Kier molecular flexibility index (Phi) is 21.9. The molecular weight excluding hydrogens is 510 g/mol. The van der Waals surface area contributed by atoms with Crippen molar-refractivity contribution in [2.45, 2.75) is 155 Å². The number of carbonyl (C=O) groups excluding carboxylic acids is 3. The molecular formula is C31H57N3O4S. The first kappa shape index (κ1) is 35.3. The molecule has 1 atom stereocenters. The maximum atomic E-state index is 12.5. The van der Waals surface area contributed by atoms with Crippen LogP contribution in [0.15, 0.2) is 0 Å². The minimum atomic E-state index is -0.750. The van der Waals surface area contributed by atoms with Gasteiger partial charge in [-0.05, 0) is 25.1 Å². The largest absolute Gasteiger partial charge is 0.466 e. The first-order valence-electron chi connectivity index (χ1n) is 16.0. The number of hydrogen-bond donors (Lipinski definition) is 2. The Bertz CT molecular complexity index is 689. The fourth-order valence-corrected chi connectivity index (χ4v) is 5.34. The van der Waals surface area contributed by atoms with Gasteiger partial charge in [0.1, 0.15) is 6.04 Å². The monoisotopic (exact) mass is 567 g/mol. The topological polar surface area (TPSA) is 87.7 Å². The predicted octanol–water partition coefficient (Wildman–Crippen LogP) is 6.96. The summed E-state index contributed by atoms with van der Waals surface area (Å²) in [4.78, 5) is 39.0. The van der Waals surface area contributed by atoms with Gasteiger partial charge in [-0.15, -0.1) is 0 Å². The van der Waals surface area contributed by atoms with E-state index in [9.17, 15) is 14.4 Å². The van der Waals surface area contributed by atoms with Crippen molar-refractivity contribution in [3.63, 3.8) is 0 Å². The number of amides is 2. The number of carbonyl (C=O) groups is 3. The summed E-state index contributed by atoms with van der Waals surface area (Å²) in [5, 5.41) is 5.80. The number of ether oxygens (including phenoxy) is 1. The fourth-order valence-electron chi connectivity index (χ4n) is 5.00. The van der Waals surface area contributed by atoms with Crippen LogP contribution in [0.3, 0.4) is 0 Å². The molecule has 2 N–H and O–H groups in total. The lowest BCUT2D eigenvalue weighted by Crippen LogP contribution is -2.60. The lowest BCUT2D eigenvalue weighted by Gasteiger charge is -2.36. The molecule has 39 heavy (non-hydrogen) atoms. The lowest BCUT2D eigenvalue weighted by atomic mass is 10.1. The summed E-state index contributed by atoms with van der Waals surface area (Å²) in [5.74, 6) is -0.787. The van der Waals surface area contributed by atoms with Crippen molar-refractivity contribution in [2.75, 3.05) is 19.7 Å². The van der Waals surface area contributed by atoms with Crippen molar-refractivity contribution < 1.29 is 19.1 Å². The van der Waals surface area contributed by atoms with E-state index in [1.165, 1.54) is 83.5 Å². The molecule has 1 rings (SSSR count). The molecule has 0 bridgehead atoms. The Morgan fingerprint density at radius 1 is 0.821 bits per heavy atom. The molecule has 0 aromatic heterocycles. The third-order valence-corrected chi connectivity index (χ3v) is 7.80. The summed E-state index contributed by atoms with van der Waals surface area (Å²) in [6.45, 7) is 5.72. The van der Waals surface area contributed by atoms with Crippen LogP contribution >= 0.6 is 12.2 Å². The summed E-state index contributed by atoms with van der Waals surface area (Å²) in [5.41, 5.74) is 0. The quantitative estimate of drug-likeness (QED) is 0.0788. The number of nitrogens with zero attached hydrogens (tertiary/aromatic N) is 1. The van der Waals surface area contributed by atoms with Gasteiger partial charge in [0.25, 0.3) is 0 Å². The van der Waals surface area contributed by atoms with Gasteiger partial charge in [0.05, 0.1) is 13.0 Å². The van der Waals surface area contributed by atoms with Crippen LogP contribution in [0.2, 0.25) is 0 Å². The van der Waals surface area contributed by atoms with Gasteiger partial charge in [0.15, 0.2) is 5.11 Å². The molecule has 0 saturated carbocycles. The fraction of sp³-hybridized carbons (Fsp3) is 0.871. The highest BCUT2D eigenvalue weighted by molar-refractivity contribution is 7.80. The summed E-state index contributed by atoms with van der Waals surface area (Å²) in [7, 11) is 0. The van der Waals surface area contributed by atoms with E-state index in [2.05, 4.69) is 24.5 Å². The normalized spacial score (nSPS) is 15.2. The Morgan fingerprint density at radius 2 is 1.31 bits per heavy atom. The van der Waals surface area contributed by atoms with Crippen molar-refractivity contribution in [1.29, 1.82) is 0 Å². The molecule has 1 heterocycles. The molecule has 7 nitrogen and oxygen atoms in total. The van der Waals surface area contributed by atoms with Crippen LogP contribution in [0.25, 0.3) is 0 Å². The zero-order valence-corrected chi connectivity index (χ0v) is 25.9. The van der Waals surface area contributed by atoms with Crippen LogP contribution < -0.4 is 10.6 Å². The van der Waals surface area contributed by atoms with Crippen LogP contribution in [0.1, 0.15) is 149 Å². The molecule has 1 unspecified atom stereocenters. The van der Waals surface area contributed by atoms with Crippen LogP contribution in [-0.4, -0.2) is 53.5 Å². The molecule has 1 saturated heterocycles. The summed E-state index contributed by atoms with van der Waals surface area (Å²) in [6.07, 6.45) is 23.3. The van der Waals surface area contributed by atoms with Gasteiger partial charge in [-0.2, -0.15) is 0 Å². The van der Waals surface area contributed by atoms with Gasteiger partial charge >= 0.3 is 5.97 Å². The Hall–Kier alpha value is -1.70. The second-order valence-electron chi connectivity index (χ2n) is 11.0. The van der Waals surface area contributed by atoms with Gasteiger partial charge < -0.3 is 20.3 Å². The SMILES string of the molecule is CCCCCCCCCCCCCC(=O)NC(=S)N1CCNC(=O)C1CC(=O)OCCCCCCCCCC.